The summed E-state index contributed by atoms with van der Waals surface area (Å²) in [5.74, 6) is 0. The third-order valence-corrected chi connectivity index (χ3v) is 3.91. The number of para-hydroxylation sites is 1. The number of rotatable bonds is 2. The number of benzene rings is 1. The van der Waals surface area contributed by atoms with E-state index in [1.165, 1.54) is 15.3 Å². The van der Waals surface area contributed by atoms with Gasteiger partial charge in [-0.1, -0.05) is 23.8 Å². The molecule has 0 fully saturated rings. The molecule has 82 valence electrons. The van der Waals surface area contributed by atoms with Crippen LogP contribution in [0.2, 0.25) is 0 Å². The van der Waals surface area contributed by atoms with Crippen LogP contribution in [0.4, 0.5) is 0 Å². The summed E-state index contributed by atoms with van der Waals surface area (Å²) in [6.45, 7) is 2.12. The lowest BCUT2D eigenvalue weighted by Gasteiger charge is -2.12. The van der Waals surface area contributed by atoms with E-state index >= 15 is 0 Å². The Hall–Kier alpha value is -1.19. The van der Waals surface area contributed by atoms with Crippen molar-refractivity contribution in [3.63, 3.8) is 0 Å². The molecule has 0 atom stereocenters. The Balaban J connectivity index is 1.86. The number of fused-ring (bicyclic) bond motifs is 1. The first-order chi connectivity index (χ1) is 7.92. The first-order valence-corrected chi connectivity index (χ1v) is 6.46. The smallest absolute Gasteiger partial charge is 0.0979 e. The summed E-state index contributed by atoms with van der Waals surface area (Å²) in [6, 6.07) is 8.36. The summed E-state index contributed by atoms with van der Waals surface area (Å²) in [4.78, 5) is 4.66. The molecule has 1 aromatic heterocycles. The standard InChI is InChI=1S/C13H14N2S/c1-2-4-12-11(3-1)15-13(16-12)9-10-5-7-14-8-6-10/h1-5,14H,6-9H2. The molecule has 1 N–H and O–H groups in total. The molecule has 0 radical (unpaired) electrons. The highest BCUT2D eigenvalue weighted by atomic mass is 32.1. The van der Waals surface area contributed by atoms with Gasteiger partial charge in [0.2, 0.25) is 0 Å². The number of nitrogens with zero attached hydrogens (tertiary/aromatic N) is 1. The number of thiazole rings is 1. The van der Waals surface area contributed by atoms with Crippen LogP contribution >= 0.6 is 11.3 Å². The maximum absolute atomic E-state index is 4.66. The van der Waals surface area contributed by atoms with Crippen molar-refractivity contribution in [2.45, 2.75) is 12.8 Å². The van der Waals surface area contributed by atoms with Gasteiger partial charge in [0.25, 0.3) is 0 Å². The molecule has 0 bridgehead atoms. The van der Waals surface area contributed by atoms with Crippen LogP contribution < -0.4 is 5.32 Å². The van der Waals surface area contributed by atoms with Gasteiger partial charge in [0, 0.05) is 13.0 Å². The quantitative estimate of drug-likeness (QED) is 0.802. The third kappa shape index (κ3) is 2.01. The predicted octanol–water partition coefficient (Wildman–Crippen LogP) is 2.76. The van der Waals surface area contributed by atoms with Crippen molar-refractivity contribution in [1.29, 1.82) is 0 Å². The minimum Gasteiger partial charge on any atom is -0.313 e. The summed E-state index contributed by atoms with van der Waals surface area (Å²) < 4.78 is 1.30. The molecule has 1 aliphatic heterocycles. The summed E-state index contributed by atoms with van der Waals surface area (Å²) in [6.07, 6.45) is 4.49. The molecule has 3 rings (SSSR count). The van der Waals surface area contributed by atoms with Gasteiger partial charge < -0.3 is 5.32 Å². The van der Waals surface area contributed by atoms with E-state index in [9.17, 15) is 0 Å². The Morgan fingerprint density at radius 2 is 2.25 bits per heavy atom. The van der Waals surface area contributed by atoms with Gasteiger partial charge in [0.05, 0.1) is 15.2 Å². The molecule has 3 heteroatoms. The summed E-state index contributed by atoms with van der Waals surface area (Å²) >= 11 is 1.82. The van der Waals surface area contributed by atoms with Gasteiger partial charge in [-0.05, 0) is 25.1 Å². The van der Waals surface area contributed by atoms with E-state index in [1.807, 2.05) is 11.3 Å². The SMILES string of the molecule is C1=C(Cc2nc3ccccc3s2)CCNC1. The van der Waals surface area contributed by atoms with Crippen LogP contribution in [0, 0.1) is 0 Å². The number of hydrogen-bond acceptors (Lipinski definition) is 3. The van der Waals surface area contributed by atoms with E-state index in [1.54, 1.807) is 0 Å². The van der Waals surface area contributed by atoms with Crippen LogP contribution in [-0.2, 0) is 6.42 Å². The molecule has 1 aliphatic rings. The molecule has 2 aromatic rings. The molecule has 1 aromatic carbocycles. The van der Waals surface area contributed by atoms with E-state index < -0.39 is 0 Å². The maximum Gasteiger partial charge on any atom is 0.0979 e. The van der Waals surface area contributed by atoms with Gasteiger partial charge in [-0.2, -0.15) is 0 Å². The molecular formula is C13H14N2S. The Labute approximate surface area is 99.0 Å². The molecule has 0 spiro atoms. The fourth-order valence-electron chi connectivity index (χ4n) is 2.02. The van der Waals surface area contributed by atoms with Gasteiger partial charge in [-0.25, -0.2) is 4.98 Å². The lowest BCUT2D eigenvalue weighted by Crippen LogP contribution is -2.21. The zero-order chi connectivity index (χ0) is 10.8. The largest absolute Gasteiger partial charge is 0.313 e. The molecule has 0 unspecified atom stereocenters. The van der Waals surface area contributed by atoms with Crippen LogP contribution in [0.15, 0.2) is 35.9 Å². The molecule has 0 aliphatic carbocycles. The summed E-state index contributed by atoms with van der Waals surface area (Å²) in [5.41, 5.74) is 2.66. The van der Waals surface area contributed by atoms with Crippen LogP contribution in [0.3, 0.4) is 0 Å². The van der Waals surface area contributed by atoms with Crippen molar-refractivity contribution >= 4 is 21.6 Å². The van der Waals surface area contributed by atoms with E-state index in [-0.39, 0.29) is 0 Å². The average molecular weight is 230 g/mol. The normalized spacial score (nSPS) is 16.4. The van der Waals surface area contributed by atoms with Gasteiger partial charge >= 0.3 is 0 Å². The first kappa shape index (κ1) is 10.00. The second-order valence-electron chi connectivity index (χ2n) is 4.07. The second kappa shape index (κ2) is 4.36. The third-order valence-electron chi connectivity index (χ3n) is 2.87. The fraction of sp³-hybridized carbons (Fsp3) is 0.308. The Morgan fingerprint density at radius 1 is 1.31 bits per heavy atom. The molecule has 16 heavy (non-hydrogen) atoms. The molecule has 0 saturated heterocycles. The van der Waals surface area contributed by atoms with Crippen molar-refractivity contribution < 1.29 is 0 Å². The highest BCUT2D eigenvalue weighted by molar-refractivity contribution is 7.18. The van der Waals surface area contributed by atoms with E-state index in [4.69, 9.17) is 0 Å². The van der Waals surface area contributed by atoms with Crippen molar-refractivity contribution in [2.24, 2.45) is 0 Å². The van der Waals surface area contributed by atoms with E-state index in [2.05, 4.69) is 40.6 Å². The van der Waals surface area contributed by atoms with Crippen molar-refractivity contribution in [2.75, 3.05) is 13.1 Å². The van der Waals surface area contributed by atoms with Gasteiger partial charge in [-0.15, -0.1) is 11.3 Å². The fourth-order valence-corrected chi connectivity index (χ4v) is 3.04. The highest BCUT2D eigenvalue weighted by Crippen LogP contribution is 2.24. The van der Waals surface area contributed by atoms with Crippen molar-refractivity contribution in [1.82, 2.24) is 10.3 Å². The second-order valence-corrected chi connectivity index (χ2v) is 5.18. The molecule has 2 nitrogen and oxygen atoms in total. The Morgan fingerprint density at radius 3 is 3.06 bits per heavy atom. The zero-order valence-corrected chi connectivity index (χ0v) is 9.89. The highest BCUT2D eigenvalue weighted by Gasteiger charge is 2.07. The minimum absolute atomic E-state index is 1.01. The van der Waals surface area contributed by atoms with E-state index in [0.29, 0.717) is 0 Å². The zero-order valence-electron chi connectivity index (χ0n) is 9.07. The Bertz CT molecular complexity index is 494. The lowest BCUT2D eigenvalue weighted by molar-refractivity contribution is 0.691. The molecule has 2 heterocycles. The molecule has 0 saturated carbocycles. The number of hydrogen-bond donors (Lipinski definition) is 1. The van der Waals surface area contributed by atoms with Crippen LogP contribution in [0.25, 0.3) is 10.2 Å². The Kier molecular flexibility index (Phi) is 2.72. The number of aromatic nitrogens is 1. The van der Waals surface area contributed by atoms with Gasteiger partial charge in [0.15, 0.2) is 0 Å². The molecular weight excluding hydrogens is 216 g/mol. The van der Waals surface area contributed by atoms with E-state index in [0.717, 1.165) is 31.4 Å². The summed E-state index contributed by atoms with van der Waals surface area (Å²) in [5, 5.41) is 4.58. The van der Waals surface area contributed by atoms with Crippen molar-refractivity contribution in [3.05, 3.63) is 40.9 Å². The monoisotopic (exact) mass is 230 g/mol. The van der Waals surface area contributed by atoms with Gasteiger partial charge in [0.1, 0.15) is 0 Å². The maximum atomic E-state index is 4.66. The van der Waals surface area contributed by atoms with Crippen LogP contribution in [0.1, 0.15) is 11.4 Å². The first-order valence-electron chi connectivity index (χ1n) is 5.65. The van der Waals surface area contributed by atoms with Crippen LogP contribution in [0.5, 0.6) is 0 Å². The summed E-state index contributed by atoms with van der Waals surface area (Å²) in [7, 11) is 0. The van der Waals surface area contributed by atoms with Gasteiger partial charge in [-0.3, -0.25) is 0 Å². The topological polar surface area (TPSA) is 24.9 Å². The minimum atomic E-state index is 1.01. The molecule has 0 amide bonds. The average Bonchev–Trinajstić information content (AvgIpc) is 2.72. The number of nitrogens with one attached hydrogen (secondary N) is 1. The predicted molar refractivity (Wildman–Crippen MR) is 68.9 cm³/mol. The lowest BCUT2D eigenvalue weighted by atomic mass is 10.1. The van der Waals surface area contributed by atoms with Crippen molar-refractivity contribution in [3.8, 4) is 0 Å². The van der Waals surface area contributed by atoms with Crippen LogP contribution in [-0.4, -0.2) is 18.1 Å².